The van der Waals surface area contributed by atoms with E-state index in [2.05, 4.69) is 0 Å². The summed E-state index contributed by atoms with van der Waals surface area (Å²) in [5, 5.41) is -0.427. The molecule has 2 aromatic carbocycles. The van der Waals surface area contributed by atoms with Gasteiger partial charge in [-0.25, -0.2) is 0 Å². The topological polar surface area (TPSA) is 26.3 Å². The maximum absolute atomic E-state index is 11.4. The lowest BCUT2D eigenvalue weighted by Crippen LogP contribution is -2.04. The third kappa shape index (κ3) is 3.02. The third-order valence-electron chi connectivity index (χ3n) is 3.46. The molecule has 0 bridgehead atoms. The predicted octanol–water partition coefficient (Wildman–Crippen LogP) is 4.57. The van der Waals surface area contributed by atoms with Gasteiger partial charge in [-0.05, 0) is 60.7 Å². The monoisotopic (exact) mass is 288 g/mol. The van der Waals surface area contributed by atoms with E-state index in [1.807, 2.05) is 51.1 Å². The van der Waals surface area contributed by atoms with E-state index in [9.17, 15) is 4.79 Å². The molecule has 104 valence electrons. The molecule has 0 unspecified atom stereocenters. The first-order valence-corrected chi connectivity index (χ1v) is 6.86. The Labute approximate surface area is 124 Å². The van der Waals surface area contributed by atoms with Gasteiger partial charge < -0.3 is 4.74 Å². The van der Waals surface area contributed by atoms with Crippen molar-refractivity contribution in [2.45, 2.75) is 27.4 Å². The summed E-state index contributed by atoms with van der Waals surface area (Å²) < 4.78 is 5.91. The van der Waals surface area contributed by atoms with Gasteiger partial charge in [0.2, 0.25) is 0 Å². The molecular formula is C17H17ClO2. The summed E-state index contributed by atoms with van der Waals surface area (Å²) in [6, 6.07) is 11.8. The first-order valence-electron chi connectivity index (χ1n) is 6.48. The van der Waals surface area contributed by atoms with Crippen LogP contribution in [0.4, 0.5) is 0 Å². The van der Waals surface area contributed by atoms with Crippen LogP contribution in [0.2, 0.25) is 0 Å². The quantitative estimate of drug-likeness (QED) is 0.770. The molecule has 0 aliphatic heterocycles. The molecule has 0 spiro atoms. The number of rotatable bonds is 4. The fourth-order valence-electron chi connectivity index (χ4n) is 2.21. The smallest absolute Gasteiger partial charge is 0.252 e. The van der Waals surface area contributed by atoms with Crippen molar-refractivity contribution < 1.29 is 9.53 Å². The Morgan fingerprint density at radius 2 is 1.75 bits per heavy atom. The molecule has 0 fully saturated rings. The fraction of sp³-hybridized carbons (Fsp3) is 0.235. The SMILES string of the molecule is Cc1cc(C(=O)Cl)c(C)c(C)c1OCc1ccccc1. The van der Waals surface area contributed by atoms with Crippen LogP contribution in [0.15, 0.2) is 36.4 Å². The number of benzene rings is 2. The van der Waals surface area contributed by atoms with Crippen molar-refractivity contribution in [2.24, 2.45) is 0 Å². The summed E-state index contributed by atoms with van der Waals surface area (Å²) in [7, 11) is 0. The maximum Gasteiger partial charge on any atom is 0.252 e. The van der Waals surface area contributed by atoms with E-state index < -0.39 is 5.24 Å². The van der Waals surface area contributed by atoms with Crippen molar-refractivity contribution in [3.05, 3.63) is 64.2 Å². The second-order valence-electron chi connectivity index (χ2n) is 4.87. The van der Waals surface area contributed by atoms with Crippen molar-refractivity contribution in [1.82, 2.24) is 0 Å². The highest BCUT2D eigenvalue weighted by molar-refractivity contribution is 6.68. The number of halogens is 1. The highest BCUT2D eigenvalue weighted by Gasteiger charge is 2.15. The number of aryl methyl sites for hydroxylation is 1. The molecule has 0 amide bonds. The molecule has 0 saturated carbocycles. The van der Waals surface area contributed by atoms with Gasteiger partial charge in [0.15, 0.2) is 0 Å². The number of carbonyl (C=O) groups excluding carboxylic acids is 1. The first-order chi connectivity index (χ1) is 9.50. The van der Waals surface area contributed by atoms with Crippen LogP contribution in [0.3, 0.4) is 0 Å². The number of carbonyl (C=O) groups is 1. The van der Waals surface area contributed by atoms with Gasteiger partial charge >= 0.3 is 0 Å². The van der Waals surface area contributed by atoms with Crippen LogP contribution in [0.25, 0.3) is 0 Å². The van der Waals surface area contributed by atoms with Gasteiger partial charge in [-0.3, -0.25) is 4.79 Å². The van der Waals surface area contributed by atoms with E-state index in [0.29, 0.717) is 12.2 Å². The largest absolute Gasteiger partial charge is 0.488 e. The summed E-state index contributed by atoms with van der Waals surface area (Å²) in [6.45, 7) is 6.28. The molecule has 2 aromatic rings. The molecule has 0 radical (unpaired) electrons. The van der Waals surface area contributed by atoms with E-state index in [0.717, 1.165) is 28.0 Å². The number of hydrogen-bond acceptors (Lipinski definition) is 2. The zero-order valence-electron chi connectivity index (χ0n) is 11.9. The second kappa shape index (κ2) is 6.10. The average molecular weight is 289 g/mol. The van der Waals surface area contributed by atoms with Gasteiger partial charge in [-0.1, -0.05) is 30.3 Å². The molecule has 0 aliphatic carbocycles. The Kier molecular flexibility index (Phi) is 4.46. The van der Waals surface area contributed by atoms with E-state index >= 15 is 0 Å². The van der Waals surface area contributed by atoms with Crippen molar-refractivity contribution in [1.29, 1.82) is 0 Å². The summed E-state index contributed by atoms with van der Waals surface area (Å²) in [6.07, 6.45) is 0. The molecule has 0 saturated heterocycles. The molecule has 2 nitrogen and oxygen atoms in total. The van der Waals surface area contributed by atoms with E-state index in [1.165, 1.54) is 0 Å². The molecule has 20 heavy (non-hydrogen) atoms. The van der Waals surface area contributed by atoms with Crippen LogP contribution < -0.4 is 4.74 Å². The van der Waals surface area contributed by atoms with Crippen LogP contribution in [0, 0.1) is 20.8 Å². The predicted molar refractivity (Wildman–Crippen MR) is 81.6 cm³/mol. The highest BCUT2D eigenvalue weighted by atomic mass is 35.5. The molecule has 0 aromatic heterocycles. The first kappa shape index (κ1) is 14.6. The average Bonchev–Trinajstić information content (AvgIpc) is 2.43. The van der Waals surface area contributed by atoms with Crippen LogP contribution in [-0.2, 0) is 6.61 Å². The van der Waals surface area contributed by atoms with E-state index in [1.54, 1.807) is 6.07 Å². The van der Waals surface area contributed by atoms with Gasteiger partial charge in [-0.2, -0.15) is 0 Å². The molecule has 0 aliphatic rings. The number of ether oxygens (including phenoxy) is 1. The minimum absolute atomic E-state index is 0.427. The summed E-state index contributed by atoms with van der Waals surface area (Å²) in [4.78, 5) is 11.4. The zero-order chi connectivity index (χ0) is 14.7. The molecule has 0 N–H and O–H groups in total. The molecule has 3 heteroatoms. The third-order valence-corrected chi connectivity index (χ3v) is 3.67. The van der Waals surface area contributed by atoms with Gasteiger partial charge in [0, 0.05) is 5.56 Å². The van der Waals surface area contributed by atoms with Crippen LogP contribution in [0.1, 0.15) is 32.6 Å². The summed E-state index contributed by atoms with van der Waals surface area (Å²) >= 11 is 5.60. The Balaban J connectivity index is 2.29. The Bertz CT molecular complexity index is 633. The Morgan fingerprint density at radius 3 is 2.35 bits per heavy atom. The van der Waals surface area contributed by atoms with E-state index in [4.69, 9.17) is 16.3 Å². The van der Waals surface area contributed by atoms with Crippen molar-refractivity contribution in [3.8, 4) is 5.75 Å². The maximum atomic E-state index is 11.4. The summed E-state index contributed by atoms with van der Waals surface area (Å²) in [5.74, 6) is 0.827. The number of hydrogen-bond donors (Lipinski definition) is 0. The van der Waals surface area contributed by atoms with Gasteiger partial charge in [0.25, 0.3) is 5.24 Å². The lowest BCUT2D eigenvalue weighted by Gasteiger charge is -2.16. The van der Waals surface area contributed by atoms with Gasteiger partial charge in [0.1, 0.15) is 12.4 Å². The molecule has 2 rings (SSSR count). The van der Waals surface area contributed by atoms with Crippen molar-refractivity contribution in [3.63, 3.8) is 0 Å². The molecular weight excluding hydrogens is 272 g/mol. The normalized spacial score (nSPS) is 10.4. The van der Waals surface area contributed by atoms with Crippen molar-refractivity contribution >= 4 is 16.8 Å². The van der Waals surface area contributed by atoms with Gasteiger partial charge in [-0.15, -0.1) is 0 Å². The van der Waals surface area contributed by atoms with Crippen LogP contribution in [0.5, 0.6) is 5.75 Å². The van der Waals surface area contributed by atoms with Crippen molar-refractivity contribution in [2.75, 3.05) is 0 Å². The highest BCUT2D eigenvalue weighted by Crippen LogP contribution is 2.30. The lowest BCUT2D eigenvalue weighted by molar-refractivity contribution is 0.108. The fourth-order valence-corrected chi connectivity index (χ4v) is 2.41. The summed E-state index contributed by atoms with van der Waals surface area (Å²) in [5.41, 5.74) is 4.42. The van der Waals surface area contributed by atoms with Crippen LogP contribution >= 0.6 is 11.6 Å². The zero-order valence-corrected chi connectivity index (χ0v) is 12.6. The van der Waals surface area contributed by atoms with Gasteiger partial charge in [0.05, 0.1) is 0 Å². The minimum Gasteiger partial charge on any atom is -0.488 e. The molecule has 0 atom stereocenters. The molecule has 0 heterocycles. The minimum atomic E-state index is -0.427. The second-order valence-corrected chi connectivity index (χ2v) is 5.21. The Morgan fingerprint density at radius 1 is 1.10 bits per heavy atom. The van der Waals surface area contributed by atoms with Crippen LogP contribution in [-0.4, -0.2) is 5.24 Å². The Hall–Kier alpha value is -1.80. The van der Waals surface area contributed by atoms with E-state index in [-0.39, 0.29) is 0 Å². The lowest BCUT2D eigenvalue weighted by atomic mass is 9.99. The standard InChI is InChI=1S/C17H17ClO2/c1-11-9-15(17(18)19)12(2)13(3)16(11)20-10-14-7-5-4-6-8-14/h4-9H,10H2,1-3H3.